The Kier molecular flexibility index (Phi) is 3.60. The Balaban J connectivity index is 1.80. The van der Waals surface area contributed by atoms with E-state index in [0.29, 0.717) is 12.5 Å². The van der Waals surface area contributed by atoms with E-state index < -0.39 is 0 Å². The van der Waals surface area contributed by atoms with E-state index in [1.807, 2.05) is 18.2 Å². The molecule has 0 radical (unpaired) electrons. The van der Waals surface area contributed by atoms with Gasteiger partial charge in [0, 0.05) is 0 Å². The van der Waals surface area contributed by atoms with Crippen LogP contribution in [-0.2, 0) is 9.53 Å². The maximum atomic E-state index is 11.6. The van der Waals surface area contributed by atoms with Crippen molar-refractivity contribution >= 4 is 5.97 Å². The summed E-state index contributed by atoms with van der Waals surface area (Å²) in [6.45, 7) is 2.67. The molecular formula is C14H18O2. The number of hydrogen-bond acceptors (Lipinski definition) is 2. The van der Waals surface area contributed by atoms with Crippen molar-refractivity contribution < 1.29 is 9.53 Å². The summed E-state index contributed by atoms with van der Waals surface area (Å²) in [4.78, 5) is 11.6. The largest absolute Gasteiger partial charge is 0.465 e. The molecule has 86 valence electrons. The van der Waals surface area contributed by atoms with Gasteiger partial charge in [0.15, 0.2) is 0 Å². The lowest BCUT2D eigenvalue weighted by molar-refractivity contribution is -0.145. The van der Waals surface area contributed by atoms with E-state index in [1.165, 1.54) is 5.56 Å². The molecule has 16 heavy (non-hydrogen) atoms. The molecule has 0 amide bonds. The average molecular weight is 218 g/mol. The van der Waals surface area contributed by atoms with E-state index in [4.69, 9.17) is 4.74 Å². The van der Waals surface area contributed by atoms with Crippen LogP contribution in [0.25, 0.3) is 0 Å². The van der Waals surface area contributed by atoms with Crippen LogP contribution >= 0.6 is 0 Å². The highest BCUT2D eigenvalue weighted by Gasteiger charge is 2.44. The maximum absolute atomic E-state index is 11.6. The lowest BCUT2D eigenvalue weighted by Crippen LogP contribution is -2.08. The number of carbonyl (C=O) groups excluding carboxylic acids is 1. The third-order valence-electron chi connectivity index (χ3n) is 3.06. The van der Waals surface area contributed by atoms with Crippen molar-refractivity contribution in [2.24, 2.45) is 5.92 Å². The number of unbranched alkanes of at least 4 members (excludes halogenated alkanes) is 1. The predicted octanol–water partition coefficient (Wildman–Crippen LogP) is 3.13. The number of ether oxygens (including phenoxy) is 1. The lowest BCUT2D eigenvalue weighted by Gasteiger charge is -2.03. The third-order valence-corrected chi connectivity index (χ3v) is 3.06. The SMILES string of the molecule is CCCCOC(=O)[C@@H]1C[C@H]1c1ccccc1. The summed E-state index contributed by atoms with van der Waals surface area (Å²) < 4.78 is 5.22. The van der Waals surface area contributed by atoms with Crippen LogP contribution in [0, 0.1) is 5.92 Å². The van der Waals surface area contributed by atoms with Gasteiger partial charge in [0.05, 0.1) is 12.5 Å². The number of carbonyl (C=O) groups is 1. The molecule has 1 aliphatic carbocycles. The minimum absolute atomic E-state index is 0.0118. The first-order valence-corrected chi connectivity index (χ1v) is 6.04. The van der Waals surface area contributed by atoms with Crippen molar-refractivity contribution in [2.75, 3.05) is 6.61 Å². The van der Waals surface area contributed by atoms with Crippen molar-refractivity contribution in [1.82, 2.24) is 0 Å². The quantitative estimate of drug-likeness (QED) is 0.560. The summed E-state index contributed by atoms with van der Waals surface area (Å²) in [5, 5.41) is 0. The summed E-state index contributed by atoms with van der Waals surface area (Å²) in [6, 6.07) is 10.2. The first-order valence-electron chi connectivity index (χ1n) is 6.04. The van der Waals surface area contributed by atoms with Crippen LogP contribution in [0.5, 0.6) is 0 Å². The van der Waals surface area contributed by atoms with E-state index in [2.05, 4.69) is 19.1 Å². The van der Waals surface area contributed by atoms with Gasteiger partial charge in [-0.25, -0.2) is 0 Å². The number of benzene rings is 1. The van der Waals surface area contributed by atoms with Gasteiger partial charge in [-0.2, -0.15) is 0 Å². The van der Waals surface area contributed by atoms with Gasteiger partial charge in [-0.1, -0.05) is 43.7 Å². The van der Waals surface area contributed by atoms with Crippen LogP contribution in [0.2, 0.25) is 0 Å². The van der Waals surface area contributed by atoms with Crippen LogP contribution < -0.4 is 0 Å². The number of hydrogen-bond donors (Lipinski definition) is 0. The molecular weight excluding hydrogens is 200 g/mol. The van der Waals surface area contributed by atoms with Gasteiger partial charge >= 0.3 is 5.97 Å². The van der Waals surface area contributed by atoms with Crippen molar-refractivity contribution in [3.8, 4) is 0 Å². The first-order chi connectivity index (χ1) is 7.83. The minimum Gasteiger partial charge on any atom is -0.465 e. The summed E-state index contributed by atoms with van der Waals surface area (Å²) >= 11 is 0. The molecule has 1 fully saturated rings. The Morgan fingerprint density at radius 1 is 1.38 bits per heavy atom. The molecule has 1 aliphatic rings. The van der Waals surface area contributed by atoms with Crippen LogP contribution in [0.15, 0.2) is 30.3 Å². The second-order valence-corrected chi connectivity index (χ2v) is 4.38. The van der Waals surface area contributed by atoms with E-state index >= 15 is 0 Å². The Bertz CT molecular complexity index is 345. The molecule has 0 saturated heterocycles. The average Bonchev–Trinajstić information content (AvgIpc) is 3.10. The molecule has 0 aliphatic heterocycles. The summed E-state index contributed by atoms with van der Waals surface area (Å²) in [7, 11) is 0. The normalized spacial score (nSPS) is 22.8. The molecule has 0 unspecified atom stereocenters. The Morgan fingerprint density at radius 2 is 2.12 bits per heavy atom. The Morgan fingerprint density at radius 3 is 2.81 bits per heavy atom. The third kappa shape index (κ3) is 2.63. The molecule has 0 bridgehead atoms. The first kappa shape index (κ1) is 11.2. The fourth-order valence-corrected chi connectivity index (χ4v) is 1.95. The van der Waals surface area contributed by atoms with Gasteiger partial charge in [-0.3, -0.25) is 4.79 Å². The van der Waals surface area contributed by atoms with Gasteiger partial charge in [-0.05, 0) is 24.3 Å². The topological polar surface area (TPSA) is 26.3 Å². The van der Waals surface area contributed by atoms with E-state index in [9.17, 15) is 4.79 Å². The molecule has 2 nitrogen and oxygen atoms in total. The maximum Gasteiger partial charge on any atom is 0.309 e. The van der Waals surface area contributed by atoms with Crippen LogP contribution in [-0.4, -0.2) is 12.6 Å². The van der Waals surface area contributed by atoms with Gasteiger partial charge in [0.2, 0.25) is 0 Å². The molecule has 0 heterocycles. The Hall–Kier alpha value is -1.31. The molecule has 2 rings (SSSR count). The van der Waals surface area contributed by atoms with Crippen LogP contribution in [0.1, 0.15) is 37.7 Å². The molecule has 0 aromatic heterocycles. The van der Waals surface area contributed by atoms with Crippen molar-refractivity contribution in [2.45, 2.75) is 32.1 Å². The van der Waals surface area contributed by atoms with Gasteiger partial charge in [0.25, 0.3) is 0 Å². The summed E-state index contributed by atoms with van der Waals surface area (Å²) in [5.74, 6) is 0.497. The smallest absolute Gasteiger partial charge is 0.309 e. The number of esters is 1. The zero-order chi connectivity index (χ0) is 11.4. The fourth-order valence-electron chi connectivity index (χ4n) is 1.95. The molecule has 1 saturated carbocycles. The van der Waals surface area contributed by atoms with E-state index in [-0.39, 0.29) is 11.9 Å². The van der Waals surface area contributed by atoms with Crippen LogP contribution in [0.3, 0.4) is 0 Å². The van der Waals surface area contributed by atoms with Gasteiger partial charge in [-0.15, -0.1) is 0 Å². The predicted molar refractivity (Wildman–Crippen MR) is 63.2 cm³/mol. The minimum atomic E-state index is -0.0118. The van der Waals surface area contributed by atoms with Crippen molar-refractivity contribution in [3.63, 3.8) is 0 Å². The summed E-state index contributed by atoms with van der Waals surface area (Å²) in [5.41, 5.74) is 1.26. The van der Waals surface area contributed by atoms with Gasteiger partial charge < -0.3 is 4.74 Å². The highest BCUT2D eigenvalue weighted by atomic mass is 16.5. The lowest BCUT2D eigenvalue weighted by atomic mass is 10.1. The molecule has 1 aromatic carbocycles. The molecule has 2 atom stereocenters. The highest BCUT2D eigenvalue weighted by molar-refractivity contribution is 5.77. The molecule has 1 aromatic rings. The van der Waals surface area contributed by atoms with Gasteiger partial charge in [0.1, 0.15) is 0 Å². The summed E-state index contributed by atoms with van der Waals surface area (Å²) in [6.07, 6.45) is 2.99. The zero-order valence-corrected chi connectivity index (χ0v) is 9.69. The fraction of sp³-hybridized carbons (Fsp3) is 0.500. The van der Waals surface area contributed by atoms with Crippen molar-refractivity contribution in [1.29, 1.82) is 0 Å². The molecule has 2 heteroatoms. The molecule has 0 N–H and O–H groups in total. The highest BCUT2D eigenvalue weighted by Crippen LogP contribution is 2.47. The van der Waals surface area contributed by atoms with Crippen molar-refractivity contribution in [3.05, 3.63) is 35.9 Å². The standard InChI is InChI=1S/C14H18O2/c1-2-3-9-16-14(15)13-10-12(13)11-7-5-4-6-8-11/h4-8,12-13H,2-3,9-10H2,1H3/t12-,13+/m0/s1. The second kappa shape index (κ2) is 5.15. The Labute approximate surface area is 96.6 Å². The van der Waals surface area contributed by atoms with E-state index in [1.54, 1.807) is 0 Å². The number of rotatable bonds is 5. The monoisotopic (exact) mass is 218 g/mol. The van der Waals surface area contributed by atoms with E-state index in [0.717, 1.165) is 19.3 Å². The zero-order valence-electron chi connectivity index (χ0n) is 9.69. The molecule has 0 spiro atoms. The second-order valence-electron chi connectivity index (χ2n) is 4.38. The van der Waals surface area contributed by atoms with Crippen LogP contribution in [0.4, 0.5) is 0 Å².